The van der Waals surface area contributed by atoms with E-state index in [0.29, 0.717) is 18.3 Å². The zero-order valence-corrected chi connectivity index (χ0v) is 15.2. The molecule has 1 N–H and O–H groups in total. The molecule has 0 bridgehead atoms. The average Bonchev–Trinajstić information content (AvgIpc) is 3.08. The quantitative estimate of drug-likeness (QED) is 0.627. The number of aromatic amines is 1. The smallest absolute Gasteiger partial charge is 0.330 e. The zero-order chi connectivity index (χ0) is 18.6. The Hall–Kier alpha value is -2.15. The monoisotopic (exact) mass is 350 g/mol. The van der Waals surface area contributed by atoms with Crippen LogP contribution in [0.15, 0.2) is 21.9 Å². The van der Waals surface area contributed by atoms with Gasteiger partial charge in [-0.25, -0.2) is 9.59 Å². The molecule has 25 heavy (non-hydrogen) atoms. The van der Waals surface area contributed by atoms with Gasteiger partial charge in [-0.3, -0.25) is 14.3 Å². The molecule has 1 fully saturated rings. The Morgan fingerprint density at radius 3 is 2.80 bits per heavy atom. The van der Waals surface area contributed by atoms with Crippen LogP contribution in [0.5, 0.6) is 0 Å². The van der Waals surface area contributed by atoms with E-state index >= 15 is 0 Å². The van der Waals surface area contributed by atoms with Gasteiger partial charge < -0.3 is 9.47 Å². The van der Waals surface area contributed by atoms with E-state index in [4.69, 9.17) is 4.74 Å². The molecule has 2 rings (SSSR count). The van der Waals surface area contributed by atoms with Crippen LogP contribution in [-0.4, -0.2) is 28.7 Å². The molecule has 1 aromatic rings. The van der Waals surface area contributed by atoms with E-state index in [1.807, 2.05) is 0 Å². The molecule has 3 unspecified atom stereocenters. The van der Waals surface area contributed by atoms with E-state index in [0.717, 1.165) is 18.9 Å². The number of aromatic nitrogens is 2. The Morgan fingerprint density at radius 1 is 1.44 bits per heavy atom. The molecule has 0 radical (unpaired) electrons. The van der Waals surface area contributed by atoms with Crippen molar-refractivity contribution in [2.24, 2.45) is 11.8 Å². The molecule has 2 heterocycles. The number of nitrogens with zero attached hydrogens (tertiary/aromatic N) is 1. The van der Waals surface area contributed by atoms with Crippen LogP contribution in [0.2, 0.25) is 0 Å². The van der Waals surface area contributed by atoms with Crippen molar-refractivity contribution in [3.8, 4) is 0 Å². The highest BCUT2D eigenvalue weighted by Gasteiger charge is 2.32. The Bertz CT molecular complexity index is 749. The molecule has 0 aliphatic carbocycles. The number of hydrogen-bond donors (Lipinski definition) is 1. The van der Waals surface area contributed by atoms with E-state index in [1.54, 1.807) is 0 Å². The van der Waals surface area contributed by atoms with Gasteiger partial charge in [-0.15, -0.1) is 0 Å². The molecule has 1 saturated heterocycles. The van der Waals surface area contributed by atoms with Gasteiger partial charge in [0.15, 0.2) is 0 Å². The number of ether oxygens (including phenoxy) is 2. The molecule has 7 nitrogen and oxygen atoms in total. The Kier molecular flexibility index (Phi) is 6.36. The summed E-state index contributed by atoms with van der Waals surface area (Å²) in [6.07, 6.45) is 6.23. The maximum Gasteiger partial charge on any atom is 0.330 e. The lowest BCUT2D eigenvalue weighted by Crippen LogP contribution is -2.34. The Morgan fingerprint density at radius 2 is 2.16 bits per heavy atom. The topological polar surface area (TPSA) is 90.4 Å². The number of methoxy groups -OCH3 is 1. The van der Waals surface area contributed by atoms with Crippen molar-refractivity contribution in [3.63, 3.8) is 0 Å². The maximum absolute atomic E-state index is 12.2. The van der Waals surface area contributed by atoms with E-state index in [1.165, 1.54) is 23.9 Å². The molecule has 0 aromatic carbocycles. The number of nitrogens with one attached hydrogen (secondary N) is 1. The van der Waals surface area contributed by atoms with Crippen molar-refractivity contribution >= 4 is 12.0 Å². The van der Waals surface area contributed by atoms with Crippen molar-refractivity contribution in [1.29, 1.82) is 0 Å². The van der Waals surface area contributed by atoms with Gasteiger partial charge >= 0.3 is 11.7 Å². The molecule has 1 aliphatic rings. The zero-order valence-electron chi connectivity index (χ0n) is 15.2. The number of rotatable bonds is 6. The van der Waals surface area contributed by atoms with Gasteiger partial charge in [-0.05, 0) is 30.8 Å². The van der Waals surface area contributed by atoms with Gasteiger partial charge in [0, 0.05) is 12.3 Å². The summed E-state index contributed by atoms with van der Waals surface area (Å²) >= 11 is 0. The van der Waals surface area contributed by atoms with E-state index in [-0.39, 0.29) is 11.7 Å². The summed E-state index contributed by atoms with van der Waals surface area (Å²) < 4.78 is 12.0. The predicted molar refractivity (Wildman–Crippen MR) is 94.1 cm³/mol. The largest absolute Gasteiger partial charge is 0.466 e. The second-order valence-corrected chi connectivity index (χ2v) is 6.56. The second-order valence-electron chi connectivity index (χ2n) is 6.56. The maximum atomic E-state index is 12.2. The van der Waals surface area contributed by atoms with Crippen LogP contribution in [0.3, 0.4) is 0 Å². The van der Waals surface area contributed by atoms with Crippen molar-refractivity contribution in [3.05, 3.63) is 38.7 Å². The van der Waals surface area contributed by atoms with Gasteiger partial charge in [0.2, 0.25) is 0 Å². The highest BCUT2D eigenvalue weighted by Crippen LogP contribution is 2.34. The summed E-state index contributed by atoms with van der Waals surface area (Å²) in [7, 11) is 1.25. The van der Waals surface area contributed by atoms with Crippen LogP contribution in [-0.2, 0) is 14.3 Å². The fourth-order valence-electron chi connectivity index (χ4n) is 3.03. The van der Waals surface area contributed by atoms with E-state index in [2.05, 4.69) is 30.5 Å². The fourth-order valence-corrected chi connectivity index (χ4v) is 3.03. The summed E-state index contributed by atoms with van der Waals surface area (Å²) in [6.45, 7) is 6.52. The summed E-state index contributed by atoms with van der Waals surface area (Å²) in [5.41, 5.74) is -0.863. The SMILES string of the molecule is CCC(C)C(C)C1CC[C@H](n2cc(/C=C/C(=O)OC)c(=O)[nH]c2=O)O1. The highest BCUT2D eigenvalue weighted by molar-refractivity contribution is 5.86. The molecular weight excluding hydrogens is 324 g/mol. The van der Waals surface area contributed by atoms with Crippen molar-refractivity contribution in [1.82, 2.24) is 9.55 Å². The van der Waals surface area contributed by atoms with Crippen LogP contribution in [0.25, 0.3) is 6.08 Å². The van der Waals surface area contributed by atoms with Gasteiger partial charge in [-0.2, -0.15) is 0 Å². The third-order valence-corrected chi connectivity index (χ3v) is 5.06. The third-order valence-electron chi connectivity index (χ3n) is 5.06. The van der Waals surface area contributed by atoms with Crippen molar-refractivity contribution in [2.75, 3.05) is 7.11 Å². The van der Waals surface area contributed by atoms with Gasteiger partial charge in [0.25, 0.3) is 5.56 Å². The number of hydrogen-bond acceptors (Lipinski definition) is 5. The number of carbonyl (C=O) groups is 1. The molecule has 0 spiro atoms. The third kappa shape index (κ3) is 4.48. The van der Waals surface area contributed by atoms with Crippen molar-refractivity contribution in [2.45, 2.75) is 52.4 Å². The lowest BCUT2D eigenvalue weighted by molar-refractivity contribution is -0.134. The Labute approximate surface area is 146 Å². The number of H-pyrrole nitrogens is 1. The lowest BCUT2D eigenvalue weighted by atomic mass is 9.88. The van der Waals surface area contributed by atoms with Crippen LogP contribution >= 0.6 is 0 Å². The molecule has 7 heteroatoms. The van der Waals surface area contributed by atoms with Crippen LogP contribution in [0.4, 0.5) is 0 Å². The number of carbonyl (C=O) groups excluding carboxylic acids is 1. The molecule has 1 aliphatic heterocycles. The normalized spacial score (nSPS) is 22.9. The van der Waals surface area contributed by atoms with Gasteiger partial charge in [0.05, 0.1) is 18.8 Å². The van der Waals surface area contributed by atoms with Crippen LogP contribution in [0, 0.1) is 11.8 Å². The van der Waals surface area contributed by atoms with E-state index < -0.39 is 23.4 Å². The van der Waals surface area contributed by atoms with Crippen LogP contribution < -0.4 is 11.2 Å². The first kappa shape index (κ1) is 19.2. The molecule has 1 aromatic heterocycles. The molecular formula is C18H26N2O5. The summed E-state index contributed by atoms with van der Waals surface area (Å²) in [6, 6.07) is 0. The number of esters is 1. The van der Waals surface area contributed by atoms with Gasteiger partial charge in [0.1, 0.15) is 6.23 Å². The van der Waals surface area contributed by atoms with E-state index in [9.17, 15) is 14.4 Å². The predicted octanol–water partition coefficient (Wildman–Crippen LogP) is 2.08. The van der Waals surface area contributed by atoms with Gasteiger partial charge in [-0.1, -0.05) is 27.2 Å². The Balaban J connectivity index is 2.22. The standard InChI is InChI=1S/C18H26N2O5/c1-5-11(2)12(3)14-7-8-15(25-14)20-10-13(6-9-16(21)24-4)17(22)19-18(20)23/h6,9-12,14-15H,5,7-8H2,1-4H3,(H,19,22,23)/b9-6+/t11?,12?,14?,15-/m1/s1. The summed E-state index contributed by atoms with van der Waals surface area (Å²) in [5.74, 6) is 0.360. The summed E-state index contributed by atoms with van der Waals surface area (Å²) in [4.78, 5) is 37.5. The first-order valence-corrected chi connectivity index (χ1v) is 8.64. The molecule has 138 valence electrons. The fraction of sp³-hybridized carbons (Fsp3) is 0.611. The minimum atomic E-state index is -0.572. The van der Waals surface area contributed by atoms with Crippen molar-refractivity contribution < 1.29 is 14.3 Å². The lowest BCUT2D eigenvalue weighted by Gasteiger charge is -2.25. The first-order chi connectivity index (χ1) is 11.9. The second kappa shape index (κ2) is 8.29. The minimum absolute atomic E-state index is 0.0906. The first-order valence-electron chi connectivity index (χ1n) is 8.64. The molecule has 0 amide bonds. The van der Waals surface area contributed by atoms with Crippen LogP contribution in [0.1, 0.15) is 51.8 Å². The minimum Gasteiger partial charge on any atom is -0.466 e. The summed E-state index contributed by atoms with van der Waals surface area (Å²) in [5, 5.41) is 0. The molecule has 0 saturated carbocycles. The average molecular weight is 350 g/mol. The molecule has 4 atom stereocenters. The highest BCUT2D eigenvalue weighted by atomic mass is 16.5.